The SMILES string of the molecule is CCC(C)C(NC(=O)C1CCCN1C(=O)C(CC(C)C)NC(=O)C(N)CC(=O)O)C(=O)O. The number of hydrogen-bond acceptors (Lipinski definition) is 6. The molecule has 1 heterocycles. The number of carboxylic acids is 2. The van der Waals surface area contributed by atoms with Gasteiger partial charge in [-0.15, -0.1) is 0 Å². The Bertz CT molecular complexity index is 712. The molecule has 0 saturated carbocycles. The van der Waals surface area contributed by atoms with Gasteiger partial charge in [0.1, 0.15) is 18.1 Å². The van der Waals surface area contributed by atoms with Crippen molar-refractivity contribution in [1.29, 1.82) is 0 Å². The molecule has 1 aliphatic rings. The van der Waals surface area contributed by atoms with Crippen LogP contribution in [-0.4, -0.2) is 75.5 Å². The van der Waals surface area contributed by atoms with Gasteiger partial charge in [-0.2, -0.15) is 0 Å². The molecule has 5 unspecified atom stereocenters. The number of amides is 3. The Balaban J connectivity index is 2.98. The van der Waals surface area contributed by atoms with Gasteiger partial charge in [0.15, 0.2) is 0 Å². The first kappa shape index (κ1) is 27.3. The Morgan fingerprint density at radius 1 is 1.09 bits per heavy atom. The molecule has 3 amide bonds. The predicted molar refractivity (Wildman–Crippen MR) is 115 cm³/mol. The lowest BCUT2D eigenvalue weighted by Crippen LogP contribution is -2.57. The smallest absolute Gasteiger partial charge is 0.326 e. The Morgan fingerprint density at radius 3 is 2.22 bits per heavy atom. The van der Waals surface area contributed by atoms with Gasteiger partial charge in [-0.1, -0.05) is 34.1 Å². The van der Waals surface area contributed by atoms with E-state index in [4.69, 9.17) is 10.8 Å². The number of carboxylic acid groups (broad SMARTS) is 2. The molecule has 11 heteroatoms. The molecule has 0 aromatic carbocycles. The molecular weight excluding hydrogens is 420 g/mol. The summed E-state index contributed by atoms with van der Waals surface area (Å²) < 4.78 is 0. The van der Waals surface area contributed by atoms with Crippen molar-refractivity contribution in [3.05, 3.63) is 0 Å². The number of rotatable bonds is 12. The maximum Gasteiger partial charge on any atom is 0.326 e. The molecular formula is C21H36N4O7. The first-order valence-electron chi connectivity index (χ1n) is 11.0. The standard InChI is InChI=1S/C21H36N4O7/c1-5-12(4)17(21(31)32)24-19(29)15-7-6-8-25(15)20(30)14(9-11(2)3)23-18(28)13(22)10-16(26)27/h11-15,17H,5-10,22H2,1-4H3,(H,23,28)(H,24,29)(H,26,27)(H,31,32). The van der Waals surface area contributed by atoms with Gasteiger partial charge in [0.2, 0.25) is 17.7 Å². The third-order valence-electron chi connectivity index (χ3n) is 5.67. The van der Waals surface area contributed by atoms with Crippen LogP contribution in [0.3, 0.4) is 0 Å². The van der Waals surface area contributed by atoms with Crippen molar-refractivity contribution in [1.82, 2.24) is 15.5 Å². The van der Waals surface area contributed by atoms with Crippen molar-refractivity contribution < 1.29 is 34.2 Å². The van der Waals surface area contributed by atoms with Gasteiger partial charge in [0.25, 0.3) is 0 Å². The summed E-state index contributed by atoms with van der Waals surface area (Å²) in [4.78, 5) is 62.2. The third-order valence-corrected chi connectivity index (χ3v) is 5.67. The van der Waals surface area contributed by atoms with Gasteiger partial charge in [-0.25, -0.2) is 4.79 Å². The molecule has 0 aromatic rings. The predicted octanol–water partition coefficient (Wildman–Crippen LogP) is -0.0742. The summed E-state index contributed by atoms with van der Waals surface area (Å²) in [6.45, 7) is 7.57. The van der Waals surface area contributed by atoms with Crippen molar-refractivity contribution in [2.45, 2.75) is 84.0 Å². The molecule has 1 aliphatic heterocycles. The van der Waals surface area contributed by atoms with Gasteiger partial charge in [0.05, 0.1) is 12.5 Å². The fourth-order valence-corrected chi connectivity index (χ4v) is 3.69. The van der Waals surface area contributed by atoms with E-state index in [2.05, 4.69) is 10.6 Å². The van der Waals surface area contributed by atoms with Crippen LogP contribution in [-0.2, 0) is 24.0 Å². The second kappa shape index (κ2) is 12.4. The van der Waals surface area contributed by atoms with Crippen molar-refractivity contribution >= 4 is 29.7 Å². The highest BCUT2D eigenvalue weighted by Crippen LogP contribution is 2.21. The minimum atomic E-state index is -1.31. The maximum atomic E-state index is 13.2. The van der Waals surface area contributed by atoms with Crippen LogP contribution in [0.15, 0.2) is 0 Å². The zero-order valence-electron chi connectivity index (χ0n) is 19.2. The van der Waals surface area contributed by atoms with Crippen LogP contribution >= 0.6 is 0 Å². The summed E-state index contributed by atoms with van der Waals surface area (Å²) in [7, 11) is 0. The first-order chi connectivity index (χ1) is 14.9. The van der Waals surface area contributed by atoms with E-state index in [9.17, 15) is 29.1 Å². The average molecular weight is 457 g/mol. The molecule has 11 nitrogen and oxygen atoms in total. The molecule has 0 aromatic heterocycles. The van der Waals surface area contributed by atoms with Crippen LogP contribution in [0, 0.1) is 11.8 Å². The Morgan fingerprint density at radius 2 is 1.72 bits per heavy atom. The minimum absolute atomic E-state index is 0.0247. The summed E-state index contributed by atoms with van der Waals surface area (Å²) in [5.74, 6) is -4.40. The van der Waals surface area contributed by atoms with Gasteiger partial charge >= 0.3 is 11.9 Å². The highest BCUT2D eigenvalue weighted by atomic mass is 16.4. The Hall–Kier alpha value is -2.69. The molecule has 0 spiro atoms. The van der Waals surface area contributed by atoms with E-state index in [1.54, 1.807) is 6.92 Å². The van der Waals surface area contributed by atoms with E-state index in [1.165, 1.54) is 4.90 Å². The Labute approximate surface area is 188 Å². The zero-order valence-corrected chi connectivity index (χ0v) is 19.2. The lowest BCUT2D eigenvalue weighted by Gasteiger charge is -2.31. The van der Waals surface area contributed by atoms with Crippen molar-refractivity contribution in [2.75, 3.05) is 6.54 Å². The van der Waals surface area contributed by atoms with Crippen LogP contribution in [0.5, 0.6) is 0 Å². The summed E-state index contributed by atoms with van der Waals surface area (Å²) in [5.41, 5.74) is 5.61. The first-order valence-corrected chi connectivity index (χ1v) is 11.0. The number of hydrogen-bond donors (Lipinski definition) is 5. The van der Waals surface area contributed by atoms with Crippen LogP contribution in [0.25, 0.3) is 0 Å². The molecule has 5 atom stereocenters. The van der Waals surface area contributed by atoms with E-state index in [0.29, 0.717) is 25.8 Å². The average Bonchev–Trinajstić information content (AvgIpc) is 3.18. The van der Waals surface area contributed by atoms with Gasteiger partial charge in [0, 0.05) is 6.54 Å². The number of nitrogens with zero attached hydrogens (tertiary/aromatic N) is 1. The summed E-state index contributed by atoms with van der Waals surface area (Å²) in [6.07, 6.45) is 1.20. The fraction of sp³-hybridized carbons (Fsp3) is 0.762. The largest absolute Gasteiger partial charge is 0.481 e. The normalized spacial score (nSPS) is 19.7. The summed E-state index contributed by atoms with van der Waals surface area (Å²) in [5, 5.41) is 23.4. The number of nitrogens with one attached hydrogen (secondary N) is 2. The quantitative estimate of drug-likeness (QED) is 0.270. The minimum Gasteiger partial charge on any atom is -0.481 e. The molecule has 0 bridgehead atoms. The van der Waals surface area contributed by atoms with Crippen molar-refractivity contribution in [3.63, 3.8) is 0 Å². The monoisotopic (exact) mass is 456 g/mol. The third kappa shape index (κ3) is 7.77. The van der Waals surface area contributed by atoms with Gasteiger partial charge < -0.3 is 31.5 Å². The topological polar surface area (TPSA) is 179 Å². The van der Waals surface area contributed by atoms with E-state index < -0.39 is 60.2 Å². The van der Waals surface area contributed by atoms with Crippen LogP contribution in [0.4, 0.5) is 0 Å². The van der Waals surface area contributed by atoms with Gasteiger partial charge in [-0.05, 0) is 31.1 Å². The van der Waals surface area contributed by atoms with E-state index in [-0.39, 0.29) is 18.3 Å². The molecule has 182 valence electrons. The van der Waals surface area contributed by atoms with Crippen molar-refractivity contribution in [3.8, 4) is 0 Å². The summed E-state index contributed by atoms with van der Waals surface area (Å²) >= 11 is 0. The summed E-state index contributed by atoms with van der Waals surface area (Å²) in [6, 6.07) is -4.18. The van der Waals surface area contributed by atoms with Crippen LogP contribution in [0.1, 0.15) is 59.8 Å². The Kier molecular flexibility index (Phi) is 10.6. The van der Waals surface area contributed by atoms with E-state index in [0.717, 1.165) is 0 Å². The van der Waals surface area contributed by atoms with Crippen LogP contribution in [0.2, 0.25) is 0 Å². The van der Waals surface area contributed by atoms with E-state index in [1.807, 2.05) is 20.8 Å². The molecule has 1 fully saturated rings. The molecule has 0 radical (unpaired) electrons. The highest BCUT2D eigenvalue weighted by Gasteiger charge is 2.39. The second-order valence-corrected chi connectivity index (χ2v) is 8.79. The fourth-order valence-electron chi connectivity index (χ4n) is 3.69. The highest BCUT2D eigenvalue weighted by molar-refractivity contribution is 5.95. The number of carbonyl (C=O) groups is 5. The molecule has 1 rings (SSSR count). The lowest BCUT2D eigenvalue weighted by atomic mass is 9.98. The molecule has 0 aliphatic carbocycles. The van der Waals surface area contributed by atoms with E-state index >= 15 is 0 Å². The number of likely N-dealkylation sites (tertiary alicyclic amines) is 1. The van der Waals surface area contributed by atoms with Crippen LogP contribution < -0.4 is 16.4 Å². The maximum absolute atomic E-state index is 13.2. The molecule has 1 saturated heterocycles. The van der Waals surface area contributed by atoms with Gasteiger partial charge in [-0.3, -0.25) is 19.2 Å². The zero-order chi connectivity index (χ0) is 24.6. The lowest BCUT2D eigenvalue weighted by molar-refractivity contribution is -0.146. The molecule has 32 heavy (non-hydrogen) atoms. The van der Waals surface area contributed by atoms with Crippen molar-refractivity contribution in [2.24, 2.45) is 17.6 Å². The molecule has 6 N–H and O–H groups in total. The number of nitrogens with two attached hydrogens (primary N) is 1. The number of aliphatic carboxylic acids is 2. The number of carbonyl (C=O) groups excluding carboxylic acids is 3. The second-order valence-electron chi connectivity index (χ2n) is 8.79.